The molecule has 0 spiro atoms. The first-order chi connectivity index (χ1) is 7.81. The summed E-state index contributed by atoms with van der Waals surface area (Å²) >= 11 is 0. The lowest BCUT2D eigenvalue weighted by atomic mass is 9.83. The molecule has 0 saturated heterocycles. The van der Waals surface area contributed by atoms with Crippen LogP contribution in [0.15, 0.2) is 0 Å². The van der Waals surface area contributed by atoms with E-state index < -0.39 is 0 Å². The molecule has 0 aromatic carbocycles. The van der Waals surface area contributed by atoms with E-state index in [4.69, 9.17) is 4.74 Å². The van der Waals surface area contributed by atoms with Gasteiger partial charge in [-0.2, -0.15) is 0 Å². The molecule has 2 aliphatic rings. The molecule has 0 bridgehead atoms. The maximum Gasteiger partial charge on any atom is 0.161 e. The third-order valence-electron chi connectivity index (χ3n) is 4.15. The summed E-state index contributed by atoms with van der Waals surface area (Å²) in [5.41, 5.74) is 0. The van der Waals surface area contributed by atoms with Crippen molar-refractivity contribution in [2.45, 2.75) is 63.9 Å². The van der Waals surface area contributed by atoms with Gasteiger partial charge in [0.15, 0.2) is 5.78 Å². The number of carbonyl (C=O) groups excluding carboxylic acids is 1. The topological polar surface area (TPSA) is 26.3 Å². The Bertz CT molecular complexity index is 227. The third kappa shape index (κ3) is 3.31. The SMILES string of the molecule is COC(C(=O)CCC1CC1)C1CCCCC1. The van der Waals surface area contributed by atoms with Crippen LogP contribution in [0.3, 0.4) is 0 Å². The van der Waals surface area contributed by atoms with E-state index in [0.717, 1.165) is 18.8 Å². The fourth-order valence-electron chi connectivity index (χ4n) is 2.92. The van der Waals surface area contributed by atoms with E-state index in [2.05, 4.69) is 0 Å². The molecule has 0 aliphatic heterocycles. The summed E-state index contributed by atoms with van der Waals surface area (Å²) in [5, 5.41) is 0. The maximum atomic E-state index is 12.1. The minimum atomic E-state index is -0.0981. The van der Waals surface area contributed by atoms with Crippen molar-refractivity contribution < 1.29 is 9.53 Å². The summed E-state index contributed by atoms with van der Waals surface area (Å²) < 4.78 is 5.45. The monoisotopic (exact) mass is 224 g/mol. The highest BCUT2D eigenvalue weighted by molar-refractivity contribution is 5.83. The van der Waals surface area contributed by atoms with E-state index in [0.29, 0.717) is 11.7 Å². The Morgan fingerprint density at radius 1 is 1.19 bits per heavy atom. The van der Waals surface area contributed by atoms with Crippen molar-refractivity contribution in [1.82, 2.24) is 0 Å². The molecule has 0 N–H and O–H groups in total. The Morgan fingerprint density at radius 3 is 2.44 bits per heavy atom. The summed E-state index contributed by atoms with van der Waals surface area (Å²) in [7, 11) is 1.70. The van der Waals surface area contributed by atoms with Gasteiger partial charge < -0.3 is 4.74 Å². The second kappa shape index (κ2) is 5.81. The van der Waals surface area contributed by atoms with Gasteiger partial charge in [0.1, 0.15) is 6.10 Å². The van der Waals surface area contributed by atoms with E-state index >= 15 is 0 Å². The number of rotatable bonds is 6. The highest BCUT2D eigenvalue weighted by Crippen LogP contribution is 2.35. The fourth-order valence-corrected chi connectivity index (χ4v) is 2.92. The number of Topliss-reactive ketones (excluding diaryl/α,β-unsaturated/α-hetero) is 1. The molecule has 2 heteroatoms. The molecule has 0 aromatic heterocycles. The number of ether oxygens (including phenoxy) is 1. The average molecular weight is 224 g/mol. The summed E-state index contributed by atoms with van der Waals surface area (Å²) in [6.07, 6.45) is 10.7. The quantitative estimate of drug-likeness (QED) is 0.691. The van der Waals surface area contributed by atoms with Crippen LogP contribution < -0.4 is 0 Å². The van der Waals surface area contributed by atoms with Crippen LogP contribution in [0.4, 0.5) is 0 Å². The van der Waals surface area contributed by atoms with Crippen molar-refractivity contribution in [3.8, 4) is 0 Å². The van der Waals surface area contributed by atoms with Crippen molar-refractivity contribution >= 4 is 5.78 Å². The largest absolute Gasteiger partial charge is 0.373 e. The minimum absolute atomic E-state index is 0.0981. The van der Waals surface area contributed by atoms with Gasteiger partial charge in [-0.25, -0.2) is 0 Å². The van der Waals surface area contributed by atoms with Gasteiger partial charge in [0.2, 0.25) is 0 Å². The summed E-state index contributed by atoms with van der Waals surface area (Å²) in [6, 6.07) is 0. The van der Waals surface area contributed by atoms with E-state index in [9.17, 15) is 4.79 Å². The lowest BCUT2D eigenvalue weighted by Gasteiger charge is -2.28. The predicted molar refractivity (Wildman–Crippen MR) is 64.3 cm³/mol. The fraction of sp³-hybridized carbons (Fsp3) is 0.929. The van der Waals surface area contributed by atoms with Gasteiger partial charge in [-0.05, 0) is 31.1 Å². The molecular formula is C14H24O2. The number of hydrogen-bond donors (Lipinski definition) is 0. The molecule has 0 amide bonds. The van der Waals surface area contributed by atoms with Gasteiger partial charge in [0.05, 0.1) is 0 Å². The van der Waals surface area contributed by atoms with Gasteiger partial charge in [0, 0.05) is 13.5 Å². The first kappa shape index (κ1) is 12.1. The second-order valence-electron chi connectivity index (χ2n) is 5.50. The molecule has 1 atom stereocenters. The summed E-state index contributed by atoms with van der Waals surface area (Å²) in [5.74, 6) is 1.72. The minimum Gasteiger partial charge on any atom is -0.373 e. The normalized spacial score (nSPS) is 24.3. The van der Waals surface area contributed by atoms with Gasteiger partial charge in [-0.1, -0.05) is 32.1 Å². The first-order valence-electron chi connectivity index (χ1n) is 6.86. The second-order valence-corrected chi connectivity index (χ2v) is 5.50. The van der Waals surface area contributed by atoms with E-state index in [1.807, 2.05) is 0 Å². The molecule has 0 aromatic rings. The number of hydrogen-bond acceptors (Lipinski definition) is 2. The van der Waals surface area contributed by atoms with Crippen LogP contribution in [0.25, 0.3) is 0 Å². The maximum absolute atomic E-state index is 12.1. The molecule has 92 valence electrons. The highest BCUT2D eigenvalue weighted by atomic mass is 16.5. The van der Waals surface area contributed by atoms with Crippen LogP contribution in [0.5, 0.6) is 0 Å². The van der Waals surface area contributed by atoms with E-state index in [1.165, 1.54) is 44.9 Å². The standard InChI is InChI=1S/C14H24O2/c1-16-14(12-5-3-2-4-6-12)13(15)10-9-11-7-8-11/h11-12,14H,2-10H2,1H3. The van der Waals surface area contributed by atoms with Crippen LogP contribution in [0, 0.1) is 11.8 Å². The van der Waals surface area contributed by atoms with Crippen LogP contribution in [-0.4, -0.2) is 19.0 Å². The average Bonchev–Trinajstić information content (AvgIpc) is 3.13. The molecule has 2 aliphatic carbocycles. The van der Waals surface area contributed by atoms with Crippen LogP contribution in [0.1, 0.15) is 57.8 Å². The molecular weight excluding hydrogens is 200 g/mol. The molecule has 2 saturated carbocycles. The lowest BCUT2D eigenvalue weighted by Crippen LogP contribution is -2.33. The molecule has 0 heterocycles. The third-order valence-corrected chi connectivity index (χ3v) is 4.15. The molecule has 0 radical (unpaired) electrons. The predicted octanol–water partition coefficient (Wildman–Crippen LogP) is 3.34. The zero-order chi connectivity index (χ0) is 11.4. The Morgan fingerprint density at radius 2 is 1.88 bits per heavy atom. The zero-order valence-corrected chi connectivity index (χ0v) is 10.4. The molecule has 2 fully saturated rings. The van der Waals surface area contributed by atoms with Crippen molar-refractivity contribution in [1.29, 1.82) is 0 Å². The van der Waals surface area contributed by atoms with Crippen LogP contribution >= 0.6 is 0 Å². The lowest BCUT2D eigenvalue weighted by molar-refractivity contribution is -0.133. The number of ketones is 1. The number of carbonyl (C=O) groups is 1. The van der Waals surface area contributed by atoms with Crippen molar-refractivity contribution in [2.75, 3.05) is 7.11 Å². The van der Waals surface area contributed by atoms with E-state index in [1.54, 1.807) is 7.11 Å². The van der Waals surface area contributed by atoms with Gasteiger partial charge >= 0.3 is 0 Å². The van der Waals surface area contributed by atoms with Crippen molar-refractivity contribution in [3.63, 3.8) is 0 Å². The Hall–Kier alpha value is -0.370. The Labute approximate surface area is 98.7 Å². The highest BCUT2D eigenvalue weighted by Gasteiger charge is 2.30. The van der Waals surface area contributed by atoms with Gasteiger partial charge in [-0.15, -0.1) is 0 Å². The van der Waals surface area contributed by atoms with Gasteiger partial charge in [0.25, 0.3) is 0 Å². The summed E-state index contributed by atoms with van der Waals surface area (Å²) in [4.78, 5) is 12.1. The van der Waals surface area contributed by atoms with Crippen LogP contribution in [0.2, 0.25) is 0 Å². The van der Waals surface area contributed by atoms with E-state index in [-0.39, 0.29) is 6.10 Å². The Kier molecular flexibility index (Phi) is 4.39. The molecule has 16 heavy (non-hydrogen) atoms. The molecule has 2 rings (SSSR count). The van der Waals surface area contributed by atoms with Crippen molar-refractivity contribution in [2.24, 2.45) is 11.8 Å². The molecule has 2 nitrogen and oxygen atoms in total. The van der Waals surface area contributed by atoms with Crippen LogP contribution in [-0.2, 0) is 9.53 Å². The molecule has 1 unspecified atom stereocenters. The summed E-state index contributed by atoms with van der Waals surface area (Å²) in [6.45, 7) is 0. The first-order valence-corrected chi connectivity index (χ1v) is 6.86. The number of methoxy groups -OCH3 is 1. The Balaban J connectivity index is 1.78. The smallest absolute Gasteiger partial charge is 0.161 e. The van der Waals surface area contributed by atoms with Gasteiger partial charge in [-0.3, -0.25) is 4.79 Å². The van der Waals surface area contributed by atoms with Crippen molar-refractivity contribution in [3.05, 3.63) is 0 Å². The zero-order valence-electron chi connectivity index (χ0n) is 10.4.